The smallest absolute Gasteiger partial charge is 0.180 e. The summed E-state index contributed by atoms with van der Waals surface area (Å²) in [6.07, 6.45) is 2.47. The van der Waals surface area contributed by atoms with Gasteiger partial charge in [0.25, 0.3) is 0 Å². The van der Waals surface area contributed by atoms with E-state index in [0.717, 1.165) is 22.9 Å². The molecule has 2 heterocycles. The first-order valence-electron chi connectivity index (χ1n) is 6.27. The molecule has 18 heavy (non-hydrogen) atoms. The van der Waals surface area contributed by atoms with E-state index >= 15 is 0 Å². The van der Waals surface area contributed by atoms with Crippen molar-refractivity contribution in [3.8, 4) is 11.5 Å². The molecule has 2 aromatic rings. The highest BCUT2D eigenvalue weighted by atomic mass is 15.0. The molecule has 0 unspecified atom stereocenters. The average Bonchev–Trinajstić information content (AvgIpc) is 3.22. The zero-order valence-corrected chi connectivity index (χ0v) is 10.6. The van der Waals surface area contributed by atoms with Gasteiger partial charge in [-0.25, -0.2) is 15.0 Å². The van der Waals surface area contributed by atoms with E-state index in [0.29, 0.717) is 11.7 Å². The molecule has 0 bridgehead atoms. The topological polar surface area (TPSA) is 50.7 Å². The second kappa shape index (κ2) is 4.37. The van der Waals surface area contributed by atoms with E-state index in [1.807, 2.05) is 38.2 Å². The summed E-state index contributed by atoms with van der Waals surface area (Å²) in [5.74, 6) is 2.20. The van der Waals surface area contributed by atoms with Crippen molar-refractivity contribution < 1.29 is 0 Å². The Bertz CT molecular complexity index is 576. The highest BCUT2D eigenvalue weighted by Crippen LogP contribution is 2.40. The summed E-state index contributed by atoms with van der Waals surface area (Å²) in [6, 6.07) is 7.96. The lowest BCUT2D eigenvalue weighted by Crippen LogP contribution is -2.01. The second-order valence-corrected chi connectivity index (χ2v) is 4.69. The van der Waals surface area contributed by atoms with Gasteiger partial charge in [-0.2, -0.15) is 0 Å². The van der Waals surface area contributed by atoms with Gasteiger partial charge in [0.05, 0.1) is 0 Å². The number of hydrogen-bond acceptors (Lipinski definition) is 4. The monoisotopic (exact) mass is 240 g/mol. The Morgan fingerprint density at radius 1 is 1.17 bits per heavy atom. The first-order valence-corrected chi connectivity index (χ1v) is 6.27. The molecule has 0 aromatic carbocycles. The van der Waals surface area contributed by atoms with Crippen LogP contribution in [0.4, 0.5) is 5.82 Å². The zero-order valence-electron chi connectivity index (χ0n) is 10.6. The largest absolute Gasteiger partial charge is 0.373 e. The summed E-state index contributed by atoms with van der Waals surface area (Å²) in [5, 5.41) is 3.10. The molecule has 0 aliphatic heterocycles. The van der Waals surface area contributed by atoms with Crippen molar-refractivity contribution in [1.29, 1.82) is 0 Å². The third-order valence-electron chi connectivity index (χ3n) is 3.12. The molecular formula is C14H16N4. The molecule has 3 rings (SSSR count). The molecule has 4 nitrogen and oxygen atoms in total. The van der Waals surface area contributed by atoms with E-state index in [4.69, 9.17) is 0 Å². The molecule has 1 saturated carbocycles. The predicted molar refractivity (Wildman–Crippen MR) is 71.5 cm³/mol. The Morgan fingerprint density at radius 2 is 2.00 bits per heavy atom. The lowest BCUT2D eigenvalue weighted by atomic mass is 10.2. The van der Waals surface area contributed by atoms with Crippen LogP contribution in [-0.2, 0) is 0 Å². The predicted octanol–water partition coefficient (Wildman–Crippen LogP) is 2.77. The summed E-state index contributed by atoms with van der Waals surface area (Å²) in [5.41, 5.74) is 2.96. The Morgan fingerprint density at radius 3 is 2.67 bits per heavy atom. The van der Waals surface area contributed by atoms with Crippen molar-refractivity contribution in [2.45, 2.75) is 25.7 Å². The minimum atomic E-state index is 0.614. The molecule has 1 fully saturated rings. The number of anilines is 1. The van der Waals surface area contributed by atoms with Gasteiger partial charge in [0.1, 0.15) is 11.5 Å². The van der Waals surface area contributed by atoms with E-state index in [1.165, 1.54) is 12.8 Å². The van der Waals surface area contributed by atoms with Crippen molar-refractivity contribution in [2.24, 2.45) is 0 Å². The summed E-state index contributed by atoms with van der Waals surface area (Å²) in [7, 11) is 1.88. The lowest BCUT2D eigenvalue weighted by molar-refractivity contribution is 0.985. The molecule has 0 radical (unpaired) electrons. The van der Waals surface area contributed by atoms with E-state index in [2.05, 4.69) is 20.3 Å². The van der Waals surface area contributed by atoms with Gasteiger partial charge in [-0.05, 0) is 31.9 Å². The van der Waals surface area contributed by atoms with Crippen LogP contribution in [0.2, 0.25) is 0 Å². The quantitative estimate of drug-likeness (QED) is 0.896. The Balaban J connectivity index is 2.07. The molecule has 0 amide bonds. The molecule has 92 valence electrons. The van der Waals surface area contributed by atoms with E-state index < -0.39 is 0 Å². The van der Waals surface area contributed by atoms with Crippen LogP contribution in [0, 0.1) is 6.92 Å². The summed E-state index contributed by atoms with van der Waals surface area (Å²) in [4.78, 5) is 13.6. The molecular weight excluding hydrogens is 224 g/mol. The minimum Gasteiger partial charge on any atom is -0.373 e. The number of nitrogens with zero attached hydrogens (tertiary/aromatic N) is 3. The number of aryl methyl sites for hydroxylation is 1. The van der Waals surface area contributed by atoms with Gasteiger partial charge >= 0.3 is 0 Å². The fourth-order valence-corrected chi connectivity index (χ4v) is 1.96. The van der Waals surface area contributed by atoms with Crippen molar-refractivity contribution >= 4 is 5.82 Å². The molecule has 0 spiro atoms. The highest BCUT2D eigenvalue weighted by Gasteiger charge is 2.26. The normalized spacial score (nSPS) is 14.6. The Kier molecular flexibility index (Phi) is 2.70. The van der Waals surface area contributed by atoms with Crippen LogP contribution in [-0.4, -0.2) is 22.0 Å². The lowest BCUT2D eigenvalue weighted by Gasteiger charge is -2.07. The highest BCUT2D eigenvalue weighted by molar-refractivity contribution is 5.53. The van der Waals surface area contributed by atoms with E-state index in [9.17, 15) is 0 Å². The average molecular weight is 240 g/mol. The maximum absolute atomic E-state index is 4.64. The molecule has 0 saturated heterocycles. The number of aromatic nitrogens is 3. The third kappa shape index (κ3) is 2.18. The van der Waals surface area contributed by atoms with Crippen LogP contribution in [0.15, 0.2) is 24.3 Å². The van der Waals surface area contributed by atoms with Crippen LogP contribution in [0.25, 0.3) is 11.5 Å². The van der Waals surface area contributed by atoms with Crippen LogP contribution in [0.3, 0.4) is 0 Å². The van der Waals surface area contributed by atoms with Crippen molar-refractivity contribution in [3.63, 3.8) is 0 Å². The fraction of sp³-hybridized carbons (Fsp3) is 0.357. The zero-order chi connectivity index (χ0) is 12.5. The Labute approximate surface area is 107 Å². The molecule has 4 heteroatoms. The van der Waals surface area contributed by atoms with Gasteiger partial charge < -0.3 is 5.32 Å². The maximum atomic E-state index is 4.64. The number of nitrogens with one attached hydrogen (secondary N) is 1. The molecule has 1 aliphatic rings. The molecule has 1 aliphatic carbocycles. The Hall–Kier alpha value is -1.97. The SMILES string of the molecule is CNc1cc(C2CC2)nc(-c2cccc(C)n2)n1. The standard InChI is InChI=1S/C14H16N4/c1-9-4-3-5-11(16-9)14-17-12(10-6-7-10)8-13(15-2)18-14/h3-5,8,10H,6-7H2,1-2H3,(H,15,17,18). The minimum absolute atomic E-state index is 0.614. The van der Waals surface area contributed by atoms with Crippen LogP contribution < -0.4 is 5.32 Å². The van der Waals surface area contributed by atoms with Crippen LogP contribution >= 0.6 is 0 Å². The van der Waals surface area contributed by atoms with Crippen molar-refractivity contribution in [2.75, 3.05) is 12.4 Å². The number of rotatable bonds is 3. The van der Waals surface area contributed by atoms with E-state index in [1.54, 1.807) is 0 Å². The van der Waals surface area contributed by atoms with Gasteiger partial charge in [-0.3, -0.25) is 0 Å². The maximum Gasteiger partial charge on any atom is 0.180 e. The van der Waals surface area contributed by atoms with Gasteiger partial charge in [0.15, 0.2) is 5.82 Å². The van der Waals surface area contributed by atoms with E-state index in [-0.39, 0.29) is 0 Å². The number of hydrogen-bond donors (Lipinski definition) is 1. The van der Waals surface area contributed by atoms with Gasteiger partial charge in [0, 0.05) is 30.4 Å². The van der Waals surface area contributed by atoms with Gasteiger partial charge in [0.2, 0.25) is 0 Å². The third-order valence-corrected chi connectivity index (χ3v) is 3.12. The van der Waals surface area contributed by atoms with Crippen molar-refractivity contribution in [1.82, 2.24) is 15.0 Å². The first kappa shape index (κ1) is 11.1. The first-order chi connectivity index (χ1) is 8.76. The van der Waals surface area contributed by atoms with Gasteiger partial charge in [-0.15, -0.1) is 0 Å². The summed E-state index contributed by atoms with van der Waals surface area (Å²) < 4.78 is 0. The summed E-state index contributed by atoms with van der Waals surface area (Å²) in [6.45, 7) is 1.98. The van der Waals surface area contributed by atoms with Crippen LogP contribution in [0.5, 0.6) is 0 Å². The number of pyridine rings is 1. The van der Waals surface area contributed by atoms with Gasteiger partial charge in [-0.1, -0.05) is 6.07 Å². The molecule has 2 aromatic heterocycles. The molecule has 0 atom stereocenters. The fourth-order valence-electron chi connectivity index (χ4n) is 1.96. The molecule has 1 N–H and O–H groups in total. The van der Waals surface area contributed by atoms with Crippen molar-refractivity contribution in [3.05, 3.63) is 35.7 Å². The second-order valence-electron chi connectivity index (χ2n) is 4.69. The van der Waals surface area contributed by atoms with Crippen LogP contribution in [0.1, 0.15) is 30.1 Å². The summed E-state index contributed by atoms with van der Waals surface area (Å²) >= 11 is 0.